The van der Waals surface area contributed by atoms with E-state index in [4.69, 9.17) is 5.26 Å². The first-order valence-corrected chi connectivity index (χ1v) is 6.49. The molecule has 1 aliphatic heterocycles. The molecule has 1 fully saturated rings. The minimum absolute atomic E-state index is 0.0250. The highest BCUT2D eigenvalue weighted by Crippen LogP contribution is 2.31. The first kappa shape index (κ1) is 14.3. The van der Waals surface area contributed by atoms with E-state index in [9.17, 15) is 9.59 Å². The molecule has 1 rings (SSSR count). The molecule has 1 saturated heterocycles. The Morgan fingerprint density at radius 2 is 2.39 bits per heavy atom. The van der Waals surface area contributed by atoms with Crippen molar-refractivity contribution in [3.63, 3.8) is 0 Å². The van der Waals surface area contributed by atoms with E-state index in [1.54, 1.807) is 13.1 Å². The van der Waals surface area contributed by atoms with Crippen LogP contribution in [0.25, 0.3) is 0 Å². The van der Waals surface area contributed by atoms with Gasteiger partial charge in [-0.25, -0.2) is 0 Å². The molecule has 18 heavy (non-hydrogen) atoms. The zero-order valence-corrected chi connectivity index (χ0v) is 11.3. The molecule has 2 amide bonds. The van der Waals surface area contributed by atoms with Crippen LogP contribution in [-0.4, -0.2) is 47.5 Å². The van der Waals surface area contributed by atoms with E-state index in [0.29, 0.717) is 18.1 Å². The number of amides is 2. The van der Waals surface area contributed by atoms with Crippen LogP contribution < -0.4 is 0 Å². The smallest absolute Gasteiger partial charge is 0.267 e. The molecule has 1 heterocycles. The number of rotatable bonds is 4. The van der Waals surface area contributed by atoms with Crippen LogP contribution in [0.2, 0.25) is 0 Å². The second-order valence-corrected chi connectivity index (χ2v) is 4.66. The SMILES string of the molecule is C=CCN(C)C(=O)/C(C#N)=C1\SCC(=O)N1CC. The van der Waals surface area contributed by atoms with Crippen LogP contribution in [0.1, 0.15) is 6.92 Å². The van der Waals surface area contributed by atoms with Gasteiger partial charge in [0.1, 0.15) is 16.7 Å². The summed E-state index contributed by atoms with van der Waals surface area (Å²) >= 11 is 1.24. The first-order chi connectivity index (χ1) is 8.56. The minimum Gasteiger partial charge on any atom is -0.337 e. The summed E-state index contributed by atoms with van der Waals surface area (Å²) in [4.78, 5) is 26.5. The molecule has 0 spiro atoms. The molecule has 0 radical (unpaired) electrons. The van der Waals surface area contributed by atoms with E-state index < -0.39 is 0 Å². The van der Waals surface area contributed by atoms with E-state index >= 15 is 0 Å². The second kappa shape index (κ2) is 6.26. The van der Waals surface area contributed by atoms with E-state index in [1.165, 1.54) is 21.6 Å². The van der Waals surface area contributed by atoms with Gasteiger partial charge in [-0.15, -0.1) is 6.58 Å². The summed E-state index contributed by atoms with van der Waals surface area (Å²) in [6, 6.07) is 1.91. The van der Waals surface area contributed by atoms with Gasteiger partial charge in [0.05, 0.1) is 5.75 Å². The third-order valence-corrected chi connectivity index (χ3v) is 3.57. The van der Waals surface area contributed by atoms with Gasteiger partial charge in [-0.1, -0.05) is 17.8 Å². The quantitative estimate of drug-likeness (QED) is 0.431. The van der Waals surface area contributed by atoms with E-state index in [2.05, 4.69) is 6.58 Å². The zero-order chi connectivity index (χ0) is 13.7. The van der Waals surface area contributed by atoms with Gasteiger partial charge in [0, 0.05) is 20.1 Å². The lowest BCUT2D eigenvalue weighted by Crippen LogP contribution is -2.31. The maximum Gasteiger partial charge on any atom is 0.267 e. The van der Waals surface area contributed by atoms with Crippen molar-refractivity contribution in [1.29, 1.82) is 5.26 Å². The Hall–Kier alpha value is -1.74. The monoisotopic (exact) mass is 265 g/mol. The Labute approximate surface area is 111 Å². The molecule has 96 valence electrons. The van der Waals surface area contributed by atoms with Crippen molar-refractivity contribution in [2.24, 2.45) is 0 Å². The van der Waals surface area contributed by atoms with Crippen molar-refractivity contribution in [3.8, 4) is 6.07 Å². The Morgan fingerprint density at radius 3 is 2.89 bits per heavy atom. The van der Waals surface area contributed by atoms with Gasteiger partial charge in [-0.3, -0.25) is 9.59 Å². The van der Waals surface area contributed by atoms with E-state index in [1.807, 2.05) is 13.0 Å². The standard InChI is InChI=1S/C12H15N3O2S/c1-4-6-14(3)11(17)9(7-13)12-15(5-2)10(16)8-18-12/h4H,1,5-6,8H2,2-3H3/b12-9-. The summed E-state index contributed by atoms with van der Waals surface area (Å²) < 4.78 is 0. The lowest BCUT2D eigenvalue weighted by atomic mass is 10.2. The van der Waals surface area contributed by atoms with Gasteiger partial charge in [-0.2, -0.15) is 5.26 Å². The highest BCUT2D eigenvalue weighted by Gasteiger charge is 2.31. The summed E-state index contributed by atoms with van der Waals surface area (Å²) in [7, 11) is 1.60. The number of thioether (sulfide) groups is 1. The molecule has 5 nitrogen and oxygen atoms in total. The summed E-state index contributed by atoms with van der Waals surface area (Å²) in [6.07, 6.45) is 1.59. The number of nitrogens with zero attached hydrogens (tertiary/aromatic N) is 3. The molecule has 0 aromatic carbocycles. The van der Waals surface area contributed by atoms with E-state index in [0.717, 1.165) is 0 Å². The van der Waals surface area contributed by atoms with Crippen LogP contribution in [0.4, 0.5) is 0 Å². The van der Waals surface area contributed by atoms with Crippen molar-refractivity contribution < 1.29 is 9.59 Å². The molecular formula is C12H15N3O2S. The number of likely N-dealkylation sites (N-methyl/N-ethyl adjacent to an activating group) is 1. The van der Waals surface area contributed by atoms with Crippen LogP contribution in [0, 0.1) is 11.3 Å². The highest BCUT2D eigenvalue weighted by molar-refractivity contribution is 8.04. The van der Waals surface area contributed by atoms with Gasteiger partial charge in [0.25, 0.3) is 5.91 Å². The normalized spacial score (nSPS) is 17.4. The van der Waals surface area contributed by atoms with Crippen molar-refractivity contribution in [1.82, 2.24) is 9.80 Å². The van der Waals surface area contributed by atoms with Gasteiger partial charge in [0.15, 0.2) is 0 Å². The fourth-order valence-electron chi connectivity index (χ4n) is 1.58. The van der Waals surface area contributed by atoms with Crippen molar-refractivity contribution in [2.45, 2.75) is 6.92 Å². The third-order valence-electron chi connectivity index (χ3n) is 2.48. The van der Waals surface area contributed by atoms with Crippen LogP contribution in [0.5, 0.6) is 0 Å². The molecule has 0 unspecified atom stereocenters. The summed E-state index contributed by atoms with van der Waals surface area (Å²) in [5, 5.41) is 9.60. The fraction of sp³-hybridized carbons (Fsp3) is 0.417. The third kappa shape index (κ3) is 2.74. The Kier molecular flexibility index (Phi) is 4.98. The average Bonchev–Trinajstić information content (AvgIpc) is 2.71. The predicted molar refractivity (Wildman–Crippen MR) is 70.3 cm³/mol. The van der Waals surface area contributed by atoms with Crippen LogP contribution in [-0.2, 0) is 9.59 Å². The summed E-state index contributed by atoms with van der Waals surface area (Å²) in [5.74, 6) is -0.162. The predicted octanol–water partition coefficient (Wildman–Crippen LogP) is 0.961. The topological polar surface area (TPSA) is 64.4 Å². The van der Waals surface area contributed by atoms with E-state index in [-0.39, 0.29) is 23.1 Å². The maximum atomic E-state index is 12.1. The lowest BCUT2D eigenvalue weighted by Gasteiger charge is -2.18. The van der Waals surface area contributed by atoms with Gasteiger partial charge < -0.3 is 9.80 Å². The molecule has 0 saturated carbocycles. The zero-order valence-electron chi connectivity index (χ0n) is 10.5. The largest absolute Gasteiger partial charge is 0.337 e. The number of nitriles is 1. The molecule has 0 atom stereocenters. The first-order valence-electron chi connectivity index (χ1n) is 5.50. The number of hydrogen-bond acceptors (Lipinski definition) is 4. The molecule has 0 aliphatic carbocycles. The molecule has 0 aromatic rings. The van der Waals surface area contributed by atoms with Gasteiger partial charge in [0.2, 0.25) is 5.91 Å². The fourth-order valence-corrected chi connectivity index (χ4v) is 2.66. The van der Waals surface area contributed by atoms with Gasteiger partial charge in [-0.05, 0) is 6.92 Å². The molecule has 0 bridgehead atoms. The highest BCUT2D eigenvalue weighted by atomic mass is 32.2. The molecular weight excluding hydrogens is 250 g/mol. The lowest BCUT2D eigenvalue weighted by molar-refractivity contribution is -0.125. The number of carbonyl (C=O) groups is 2. The summed E-state index contributed by atoms with van der Waals surface area (Å²) in [6.45, 7) is 6.19. The Bertz CT molecular complexity index is 451. The molecule has 6 heteroatoms. The van der Waals surface area contributed by atoms with Crippen LogP contribution >= 0.6 is 11.8 Å². The molecule has 0 aromatic heterocycles. The molecule has 0 N–H and O–H groups in total. The van der Waals surface area contributed by atoms with Crippen molar-refractivity contribution in [2.75, 3.05) is 25.9 Å². The Morgan fingerprint density at radius 1 is 1.72 bits per heavy atom. The maximum absolute atomic E-state index is 12.1. The van der Waals surface area contributed by atoms with Gasteiger partial charge >= 0.3 is 0 Å². The minimum atomic E-state index is -0.381. The number of hydrogen-bond donors (Lipinski definition) is 0. The van der Waals surface area contributed by atoms with Crippen LogP contribution in [0.15, 0.2) is 23.3 Å². The Balaban J connectivity index is 3.09. The summed E-state index contributed by atoms with van der Waals surface area (Å²) in [5.41, 5.74) is 0.0250. The average molecular weight is 265 g/mol. The molecule has 1 aliphatic rings. The van der Waals surface area contributed by atoms with Crippen LogP contribution in [0.3, 0.4) is 0 Å². The second-order valence-electron chi connectivity index (χ2n) is 3.69. The van der Waals surface area contributed by atoms with Crippen molar-refractivity contribution in [3.05, 3.63) is 23.3 Å². The van der Waals surface area contributed by atoms with Crippen molar-refractivity contribution >= 4 is 23.6 Å². The number of carbonyl (C=O) groups excluding carboxylic acids is 2.